The van der Waals surface area contributed by atoms with Gasteiger partial charge in [0.25, 0.3) is 0 Å². The molecular formula is C20H23F2N3O5S. The molecule has 0 spiro atoms. The van der Waals surface area contributed by atoms with Crippen molar-refractivity contribution in [2.75, 3.05) is 20.2 Å². The number of amides is 1. The minimum Gasteiger partial charge on any atom is -0.493 e. The van der Waals surface area contributed by atoms with Crippen LogP contribution in [-0.2, 0) is 21.4 Å². The number of aromatic nitrogens is 1. The lowest BCUT2D eigenvalue weighted by molar-refractivity contribution is -0.126. The molecule has 1 aliphatic rings. The Hall–Kier alpha value is -2.79. The van der Waals surface area contributed by atoms with Gasteiger partial charge in [0.15, 0.2) is 11.5 Å². The Bertz CT molecular complexity index is 997. The average molecular weight is 455 g/mol. The van der Waals surface area contributed by atoms with Gasteiger partial charge in [-0.3, -0.25) is 9.78 Å². The molecule has 1 fully saturated rings. The van der Waals surface area contributed by atoms with E-state index in [1.54, 1.807) is 12.1 Å². The Morgan fingerprint density at radius 1 is 1.26 bits per heavy atom. The number of nitrogens with one attached hydrogen (secondary N) is 1. The summed E-state index contributed by atoms with van der Waals surface area (Å²) in [6, 6.07) is 7.49. The van der Waals surface area contributed by atoms with E-state index in [1.165, 1.54) is 42.0 Å². The number of piperidine rings is 1. The zero-order chi connectivity index (χ0) is 22.4. The van der Waals surface area contributed by atoms with Crippen molar-refractivity contribution >= 4 is 15.9 Å². The number of halogens is 2. The molecule has 2 aromatic rings. The molecule has 1 N–H and O–H groups in total. The van der Waals surface area contributed by atoms with Crippen LogP contribution < -0.4 is 14.8 Å². The monoisotopic (exact) mass is 455 g/mol. The summed E-state index contributed by atoms with van der Waals surface area (Å²) in [7, 11) is -2.29. The molecule has 1 aromatic heterocycles. The molecule has 31 heavy (non-hydrogen) atoms. The molecule has 1 amide bonds. The molecule has 168 valence electrons. The van der Waals surface area contributed by atoms with E-state index >= 15 is 0 Å². The SMILES string of the molecule is COc1cc(CNC(=O)C2CCN(S(=O)(=O)c3cccnc3)CC2)ccc1OC(F)F. The number of rotatable bonds is 8. The van der Waals surface area contributed by atoms with Crippen molar-refractivity contribution in [1.29, 1.82) is 0 Å². The minimum atomic E-state index is -3.63. The van der Waals surface area contributed by atoms with E-state index in [2.05, 4.69) is 15.0 Å². The lowest BCUT2D eigenvalue weighted by atomic mass is 9.97. The first-order valence-electron chi connectivity index (χ1n) is 9.61. The van der Waals surface area contributed by atoms with Crippen molar-refractivity contribution in [3.05, 3.63) is 48.3 Å². The van der Waals surface area contributed by atoms with Crippen LogP contribution in [0.25, 0.3) is 0 Å². The number of nitrogens with zero attached hydrogens (tertiary/aromatic N) is 2. The first-order valence-corrected chi connectivity index (χ1v) is 11.0. The summed E-state index contributed by atoms with van der Waals surface area (Å²) in [5, 5.41) is 2.80. The summed E-state index contributed by atoms with van der Waals surface area (Å²) in [6.07, 6.45) is 3.61. The van der Waals surface area contributed by atoms with E-state index in [0.717, 1.165) is 0 Å². The van der Waals surface area contributed by atoms with Gasteiger partial charge in [-0.25, -0.2) is 8.42 Å². The summed E-state index contributed by atoms with van der Waals surface area (Å²) >= 11 is 0. The second kappa shape index (κ2) is 10.0. The van der Waals surface area contributed by atoms with Gasteiger partial charge in [0.1, 0.15) is 4.90 Å². The molecule has 2 heterocycles. The van der Waals surface area contributed by atoms with Crippen LogP contribution in [0.4, 0.5) is 8.78 Å². The predicted molar refractivity (Wildman–Crippen MR) is 107 cm³/mol. The number of hydrogen-bond donors (Lipinski definition) is 1. The van der Waals surface area contributed by atoms with Crippen LogP contribution in [0.3, 0.4) is 0 Å². The Balaban J connectivity index is 1.54. The fourth-order valence-electron chi connectivity index (χ4n) is 3.36. The van der Waals surface area contributed by atoms with Crippen molar-refractivity contribution in [3.8, 4) is 11.5 Å². The fourth-order valence-corrected chi connectivity index (χ4v) is 4.79. The number of sulfonamides is 1. The normalized spacial score (nSPS) is 15.6. The van der Waals surface area contributed by atoms with Gasteiger partial charge in [0.2, 0.25) is 15.9 Å². The highest BCUT2D eigenvalue weighted by molar-refractivity contribution is 7.89. The third-order valence-corrected chi connectivity index (χ3v) is 6.89. The van der Waals surface area contributed by atoms with Gasteiger partial charge in [0, 0.05) is 37.9 Å². The van der Waals surface area contributed by atoms with Crippen LogP contribution in [-0.4, -0.2) is 50.4 Å². The van der Waals surface area contributed by atoms with Crippen LogP contribution in [0.5, 0.6) is 11.5 Å². The Morgan fingerprint density at radius 3 is 2.61 bits per heavy atom. The van der Waals surface area contributed by atoms with Crippen molar-refractivity contribution in [2.24, 2.45) is 5.92 Å². The second-order valence-electron chi connectivity index (χ2n) is 6.95. The number of alkyl halides is 2. The molecule has 0 atom stereocenters. The van der Waals surface area contributed by atoms with Gasteiger partial charge in [0.05, 0.1) is 7.11 Å². The molecular weight excluding hydrogens is 432 g/mol. The van der Waals surface area contributed by atoms with E-state index in [9.17, 15) is 22.0 Å². The van der Waals surface area contributed by atoms with Crippen LogP contribution in [0.15, 0.2) is 47.6 Å². The molecule has 3 rings (SSSR count). The summed E-state index contributed by atoms with van der Waals surface area (Å²) in [5.41, 5.74) is 0.656. The van der Waals surface area contributed by atoms with Gasteiger partial charge in [-0.1, -0.05) is 6.07 Å². The van der Waals surface area contributed by atoms with Crippen molar-refractivity contribution in [1.82, 2.24) is 14.6 Å². The third-order valence-electron chi connectivity index (χ3n) is 5.01. The molecule has 1 aromatic carbocycles. The molecule has 0 aliphatic carbocycles. The van der Waals surface area contributed by atoms with E-state index in [1.807, 2.05) is 0 Å². The zero-order valence-corrected chi connectivity index (χ0v) is 17.6. The van der Waals surface area contributed by atoms with Crippen molar-refractivity contribution in [3.63, 3.8) is 0 Å². The standard InChI is InChI=1S/C20H23F2N3O5S/c1-29-18-11-14(4-5-17(18)30-20(21)22)12-24-19(26)15-6-9-25(10-7-15)31(27,28)16-3-2-8-23-13-16/h2-5,8,11,13,15,20H,6-7,9-10,12H2,1H3,(H,24,26). The summed E-state index contributed by atoms with van der Waals surface area (Å²) in [5.74, 6) is -0.454. The molecule has 1 aliphatic heterocycles. The van der Waals surface area contributed by atoms with Gasteiger partial charge < -0.3 is 14.8 Å². The largest absolute Gasteiger partial charge is 0.493 e. The van der Waals surface area contributed by atoms with Crippen molar-refractivity contribution in [2.45, 2.75) is 30.9 Å². The first-order chi connectivity index (χ1) is 14.8. The van der Waals surface area contributed by atoms with Crippen LogP contribution in [0.1, 0.15) is 18.4 Å². The van der Waals surface area contributed by atoms with Gasteiger partial charge in [-0.15, -0.1) is 0 Å². The number of hydrogen-bond acceptors (Lipinski definition) is 6. The molecule has 1 saturated heterocycles. The highest BCUT2D eigenvalue weighted by Gasteiger charge is 2.32. The highest BCUT2D eigenvalue weighted by atomic mass is 32.2. The fraction of sp³-hybridized carbons (Fsp3) is 0.400. The third kappa shape index (κ3) is 5.67. The minimum absolute atomic E-state index is 0.0882. The van der Waals surface area contributed by atoms with E-state index in [-0.39, 0.29) is 47.9 Å². The maximum atomic E-state index is 12.6. The number of carbonyl (C=O) groups excluding carboxylic acids is 1. The highest BCUT2D eigenvalue weighted by Crippen LogP contribution is 2.29. The molecule has 8 nitrogen and oxygen atoms in total. The maximum absolute atomic E-state index is 12.6. The van der Waals surface area contributed by atoms with E-state index < -0.39 is 16.6 Å². The summed E-state index contributed by atoms with van der Waals surface area (Å²) in [4.78, 5) is 16.5. The van der Waals surface area contributed by atoms with Crippen LogP contribution in [0, 0.1) is 5.92 Å². The van der Waals surface area contributed by atoms with E-state index in [4.69, 9.17) is 4.74 Å². The molecule has 11 heteroatoms. The van der Waals surface area contributed by atoms with E-state index in [0.29, 0.717) is 18.4 Å². The number of ether oxygens (including phenoxy) is 2. The predicted octanol–water partition coefficient (Wildman–Crippen LogP) is 2.41. The summed E-state index contributed by atoms with van der Waals surface area (Å²) in [6.45, 7) is -2.31. The quantitative estimate of drug-likeness (QED) is 0.657. The van der Waals surface area contributed by atoms with Crippen LogP contribution in [0.2, 0.25) is 0 Å². The molecule has 0 radical (unpaired) electrons. The Labute approximate surface area is 179 Å². The smallest absolute Gasteiger partial charge is 0.387 e. The van der Waals surface area contributed by atoms with Gasteiger partial charge >= 0.3 is 6.61 Å². The number of pyridine rings is 1. The van der Waals surface area contributed by atoms with Gasteiger partial charge in [-0.2, -0.15) is 13.1 Å². The average Bonchev–Trinajstić information content (AvgIpc) is 2.78. The van der Waals surface area contributed by atoms with Crippen LogP contribution >= 0.6 is 0 Å². The molecule has 0 saturated carbocycles. The Morgan fingerprint density at radius 2 is 2.00 bits per heavy atom. The topological polar surface area (TPSA) is 97.8 Å². The lowest BCUT2D eigenvalue weighted by Gasteiger charge is -2.30. The number of methoxy groups -OCH3 is 1. The summed E-state index contributed by atoms with van der Waals surface area (Å²) < 4.78 is 60.9. The maximum Gasteiger partial charge on any atom is 0.387 e. The second-order valence-corrected chi connectivity index (χ2v) is 8.89. The van der Waals surface area contributed by atoms with Gasteiger partial charge in [-0.05, 0) is 42.7 Å². The zero-order valence-electron chi connectivity index (χ0n) is 16.8. The number of benzene rings is 1. The molecule has 0 bridgehead atoms. The van der Waals surface area contributed by atoms with Crippen molar-refractivity contribution < 1.29 is 31.5 Å². The number of carbonyl (C=O) groups is 1. The first kappa shape index (κ1) is 22.9. The Kier molecular flexibility index (Phi) is 7.39. The lowest BCUT2D eigenvalue weighted by Crippen LogP contribution is -2.42. The molecule has 0 unspecified atom stereocenters.